The molecule has 0 aliphatic carbocycles. The van der Waals surface area contributed by atoms with E-state index < -0.39 is 0 Å². The van der Waals surface area contributed by atoms with E-state index in [1.807, 2.05) is 12.1 Å². The molecule has 3 nitrogen and oxygen atoms in total. The van der Waals surface area contributed by atoms with Crippen molar-refractivity contribution >= 4 is 65.6 Å². The topological polar surface area (TPSA) is 23.0 Å². The molecule has 0 radical (unpaired) electrons. The van der Waals surface area contributed by atoms with E-state index in [0.717, 1.165) is 33.1 Å². The standard InChI is InChI=1S/C46H34N2O/c1-46(2,3)31-21-23-32(24-22-31)47-39-15-7-4-11-33(39)37-27-29(19-25-41(37)47)30-20-26-42-38(28-30)34-12-5-8-16-40(34)48(42)43-17-10-14-36-35-13-6-9-18-44(35)49-45(36)43/h4-28H,1-3H3. The number of nitrogens with zero attached hydrogens (tertiary/aromatic N) is 2. The van der Waals surface area contributed by atoms with Gasteiger partial charge in [-0.25, -0.2) is 0 Å². The predicted octanol–water partition coefficient (Wildman–Crippen LogP) is 12.7. The van der Waals surface area contributed by atoms with Crippen LogP contribution in [0.5, 0.6) is 0 Å². The van der Waals surface area contributed by atoms with Crippen LogP contribution in [0.1, 0.15) is 26.3 Å². The molecule has 0 saturated carbocycles. The Morgan fingerprint density at radius 1 is 0.429 bits per heavy atom. The molecule has 0 spiro atoms. The molecule has 0 amide bonds. The van der Waals surface area contributed by atoms with E-state index in [-0.39, 0.29) is 5.41 Å². The van der Waals surface area contributed by atoms with Gasteiger partial charge in [-0.2, -0.15) is 0 Å². The third-order valence-corrected chi connectivity index (χ3v) is 10.3. The Morgan fingerprint density at radius 3 is 1.61 bits per heavy atom. The monoisotopic (exact) mass is 630 g/mol. The van der Waals surface area contributed by atoms with Gasteiger partial charge in [-0.3, -0.25) is 0 Å². The summed E-state index contributed by atoms with van der Waals surface area (Å²) in [6.07, 6.45) is 0. The van der Waals surface area contributed by atoms with Crippen LogP contribution >= 0.6 is 0 Å². The lowest BCUT2D eigenvalue weighted by atomic mass is 9.87. The Balaban J connectivity index is 1.16. The summed E-state index contributed by atoms with van der Waals surface area (Å²) in [5.41, 5.74) is 12.7. The molecule has 10 rings (SSSR count). The minimum atomic E-state index is 0.114. The van der Waals surface area contributed by atoms with Crippen LogP contribution in [0, 0.1) is 0 Å². The zero-order valence-corrected chi connectivity index (χ0v) is 27.7. The molecule has 10 aromatic rings. The van der Waals surface area contributed by atoms with Gasteiger partial charge in [0.1, 0.15) is 5.58 Å². The third kappa shape index (κ3) is 4.15. The van der Waals surface area contributed by atoms with E-state index in [0.29, 0.717) is 0 Å². The highest BCUT2D eigenvalue weighted by atomic mass is 16.3. The molecule has 0 atom stereocenters. The summed E-state index contributed by atoms with van der Waals surface area (Å²) in [7, 11) is 0. The van der Waals surface area contributed by atoms with Crippen molar-refractivity contribution in [1.82, 2.24) is 9.13 Å². The van der Waals surface area contributed by atoms with Crippen molar-refractivity contribution < 1.29 is 4.42 Å². The van der Waals surface area contributed by atoms with Gasteiger partial charge in [0.05, 0.1) is 27.8 Å². The molecule has 234 valence electrons. The number of benzene rings is 7. The van der Waals surface area contributed by atoms with Crippen molar-refractivity contribution in [1.29, 1.82) is 0 Å². The van der Waals surface area contributed by atoms with Crippen molar-refractivity contribution in [3.8, 4) is 22.5 Å². The van der Waals surface area contributed by atoms with Crippen molar-refractivity contribution in [2.24, 2.45) is 0 Å². The molecule has 3 heteroatoms. The summed E-state index contributed by atoms with van der Waals surface area (Å²) >= 11 is 0. The van der Waals surface area contributed by atoms with Crippen LogP contribution in [0.15, 0.2) is 156 Å². The van der Waals surface area contributed by atoms with E-state index >= 15 is 0 Å². The number of furan rings is 1. The molecule has 49 heavy (non-hydrogen) atoms. The summed E-state index contributed by atoms with van der Waals surface area (Å²) in [6, 6.07) is 55.1. The first-order chi connectivity index (χ1) is 23.9. The average Bonchev–Trinajstić information content (AvgIpc) is 3.79. The molecule has 0 aliphatic rings. The average molecular weight is 631 g/mol. The lowest BCUT2D eigenvalue weighted by Gasteiger charge is -2.19. The summed E-state index contributed by atoms with van der Waals surface area (Å²) in [4.78, 5) is 0. The number of aromatic nitrogens is 2. The molecule has 0 unspecified atom stereocenters. The second kappa shape index (κ2) is 10.2. The Labute approximate surface area is 284 Å². The molecular weight excluding hydrogens is 597 g/mol. The summed E-state index contributed by atoms with van der Waals surface area (Å²) in [5, 5.41) is 7.24. The van der Waals surface area contributed by atoms with Crippen molar-refractivity contribution in [3.05, 3.63) is 157 Å². The zero-order chi connectivity index (χ0) is 32.9. The van der Waals surface area contributed by atoms with E-state index in [1.165, 1.54) is 60.5 Å². The van der Waals surface area contributed by atoms with Crippen molar-refractivity contribution in [2.75, 3.05) is 0 Å². The van der Waals surface area contributed by atoms with Gasteiger partial charge in [0.25, 0.3) is 0 Å². The van der Waals surface area contributed by atoms with E-state index in [1.54, 1.807) is 0 Å². The quantitative estimate of drug-likeness (QED) is 0.190. The smallest absolute Gasteiger partial charge is 0.159 e. The van der Waals surface area contributed by atoms with Gasteiger partial charge in [-0.15, -0.1) is 0 Å². The van der Waals surface area contributed by atoms with Gasteiger partial charge in [-0.1, -0.05) is 112 Å². The zero-order valence-electron chi connectivity index (χ0n) is 27.7. The Hall–Kier alpha value is -6.06. The van der Waals surface area contributed by atoms with Crippen LogP contribution in [0.2, 0.25) is 0 Å². The summed E-state index contributed by atoms with van der Waals surface area (Å²) in [6.45, 7) is 6.79. The molecule has 7 aromatic carbocycles. The first-order valence-electron chi connectivity index (χ1n) is 17.0. The van der Waals surface area contributed by atoms with E-state index in [2.05, 4.69) is 169 Å². The molecule has 0 saturated heterocycles. The molecular formula is C46H34N2O. The fourth-order valence-electron chi connectivity index (χ4n) is 7.86. The predicted molar refractivity (Wildman–Crippen MR) is 207 cm³/mol. The van der Waals surface area contributed by atoms with Crippen LogP contribution < -0.4 is 0 Å². The molecule has 0 aliphatic heterocycles. The number of fused-ring (bicyclic) bond motifs is 9. The highest BCUT2D eigenvalue weighted by Crippen LogP contribution is 2.40. The summed E-state index contributed by atoms with van der Waals surface area (Å²) in [5.74, 6) is 0. The maximum atomic E-state index is 6.51. The van der Waals surface area contributed by atoms with Crippen LogP contribution in [-0.2, 0) is 5.41 Å². The van der Waals surface area contributed by atoms with Gasteiger partial charge in [0.15, 0.2) is 5.58 Å². The second-order valence-corrected chi connectivity index (χ2v) is 14.2. The maximum Gasteiger partial charge on any atom is 0.159 e. The maximum absolute atomic E-state index is 6.51. The molecule has 3 heterocycles. The second-order valence-electron chi connectivity index (χ2n) is 14.2. The minimum Gasteiger partial charge on any atom is -0.454 e. The van der Waals surface area contributed by atoms with E-state index in [9.17, 15) is 0 Å². The lowest BCUT2D eigenvalue weighted by molar-refractivity contribution is 0.590. The van der Waals surface area contributed by atoms with Crippen molar-refractivity contribution in [2.45, 2.75) is 26.2 Å². The van der Waals surface area contributed by atoms with Crippen LogP contribution in [0.25, 0.3) is 88.1 Å². The van der Waals surface area contributed by atoms with Gasteiger partial charge in [-0.05, 0) is 82.8 Å². The first kappa shape index (κ1) is 28.0. The minimum absolute atomic E-state index is 0.114. The normalized spacial score (nSPS) is 12.4. The lowest BCUT2D eigenvalue weighted by Crippen LogP contribution is -2.10. The number of para-hydroxylation sites is 4. The molecule has 0 bridgehead atoms. The van der Waals surface area contributed by atoms with Crippen LogP contribution in [0.4, 0.5) is 0 Å². The Bertz CT molecular complexity index is 2910. The van der Waals surface area contributed by atoms with Gasteiger partial charge >= 0.3 is 0 Å². The number of hydrogen-bond acceptors (Lipinski definition) is 1. The Kier molecular flexibility index (Phi) is 5.84. The van der Waals surface area contributed by atoms with Gasteiger partial charge in [0.2, 0.25) is 0 Å². The SMILES string of the molecule is CC(C)(C)c1ccc(-n2c3ccccc3c3cc(-c4ccc5c(c4)c4ccccc4n5-c4cccc5c4oc4ccccc45)ccc32)cc1. The fraction of sp³-hybridized carbons (Fsp3) is 0.0870. The molecule has 3 aromatic heterocycles. The third-order valence-electron chi connectivity index (χ3n) is 10.3. The van der Waals surface area contributed by atoms with Crippen LogP contribution in [0.3, 0.4) is 0 Å². The summed E-state index contributed by atoms with van der Waals surface area (Å²) < 4.78 is 11.3. The van der Waals surface area contributed by atoms with Crippen molar-refractivity contribution in [3.63, 3.8) is 0 Å². The molecule has 0 fully saturated rings. The Morgan fingerprint density at radius 2 is 0.959 bits per heavy atom. The van der Waals surface area contributed by atoms with Crippen LogP contribution in [-0.4, -0.2) is 9.13 Å². The highest BCUT2D eigenvalue weighted by Gasteiger charge is 2.19. The van der Waals surface area contributed by atoms with Gasteiger partial charge < -0.3 is 13.6 Å². The highest BCUT2D eigenvalue weighted by molar-refractivity contribution is 6.14. The van der Waals surface area contributed by atoms with E-state index in [4.69, 9.17) is 4.42 Å². The largest absolute Gasteiger partial charge is 0.454 e. The fourth-order valence-corrected chi connectivity index (χ4v) is 7.86. The number of rotatable bonds is 3. The first-order valence-corrected chi connectivity index (χ1v) is 17.0. The van der Waals surface area contributed by atoms with Gasteiger partial charge in [0, 0.05) is 38.0 Å². The molecule has 0 N–H and O–H groups in total. The number of hydrogen-bond donors (Lipinski definition) is 0.